The zero-order chi connectivity index (χ0) is 16.2. The van der Waals surface area contributed by atoms with Gasteiger partial charge in [-0.1, -0.05) is 6.07 Å². The Labute approximate surface area is 136 Å². The van der Waals surface area contributed by atoms with Gasteiger partial charge in [0.1, 0.15) is 5.69 Å². The monoisotopic (exact) mass is 310 g/mol. The van der Waals surface area contributed by atoms with Crippen LogP contribution in [0.5, 0.6) is 0 Å². The van der Waals surface area contributed by atoms with E-state index in [1.165, 1.54) is 17.5 Å². The van der Waals surface area contributed by atoms with Gasteiger partial charge in [0.15, 0.2) is 0 Å². The summed E-state index contributed by atoms with van der Waals surface area (Å²) in [6.45, 7) is 5.75. The number of piperidine rings is 1. The van der Waals surface area contributed by atoms with E-state index in [9.17, 15) is 4.79 Å². The average Bonchev–Trinajstić information content (AvgIpc) is 2.54. The third-order valence-electron chi connectivity index (χ3n) is 4.00. The molecule has 120 valence electrons. The number of carbonyl (C=O) groups is 1. The van der Waals surface area contributed by atoms with Crippen LogP contribution in [0.3, 0.4) is 0 Å². The number of benzene rings is 1. The molecular formula is C18H22N4O. The number of carbonyl (C=O) groups excluding carboxylic acids is 1. The average molecular weight is 310 g/mol. The van der Waals surface area contributed by atoms with Crippen LogP contribution < -0.4 is 5.32 Å². The summed E-state index contributed by atoms with van der Waals surface area (Å²) in [6.07, 6.45) is 4.98. The Kier molecular flexibility index (Phi) is 4.55. The first-order valence-electron chi connectivity index (χ1n) is 8.09. The molecule has 0 atom stereocenters. The van der Waals surface area contributed by atoms with Crippen LogP contribution in [0, 0.1) is 13.8 Å². The number of rotatable bonds is 3. The summed E-state index contributed by atoms with van der Waals surface area (Å²) in [5.74, 6) is 0.452. The van der Waals surface area contributed by atoms with E-state index in [2.05, 4.69) is 35.2 Å². The molecule has 1 N–H and O–H groups in total. The second-order valence-electron chi connectivity index (χ2n) is 6.12. The molecule has 1 aliphatic heterocycles. The first kappa shape index (κ1) is 15.5. The summed E-state index contributed by atoms with van der Waals surface area (Å²) in [7, 11) is 0. The lowest BCUT2D eigenvalue weighted by Gasteiger charge is -2.26. The van der Waals surface area contributed by atoms with Crippen LogP contribution in [0.2, 0.25) is 0 Å². The molecule has 2 aromatic rings. The molecule has 0 radical (unpaired) electrons. The third-order valence-corrected chi connectivity index (χ3v) is 4.00. The number of nitrogens with one attached hydrogen (secondary N) is 1. The minimum atomic E-state index is -0.00410. The van der Waals surface area contributed by atoms with Crippen LogP contribution in [-0.4, -0.2) is 33.9 Å². The van der Waals surface area contributed by atoms with Gasteiger partial charge in [-0.3, -0.25) is 4.79 Å². The van der Waals surface area contributed by atoms with Gasteiger partial charge in [-0.15, -0.1) is 0 Å². The van der Waals surface area contributed by atoms with Crippen molar-refractivity contribution < 1.29 is 4.79 Å². The lowest BCUT2D eigenvalue weighted by atomic mass is 10.1. The molecule has 0 saturated carbocycles. The quantitative estimate of drug-likeness (QED) is 0.943. The SMILES string of the molecule is Cc1cc(C)cc(Nc2nccc(C(=O)N3CCCCC3)n2)c1. The first-order valence-corrected chi connectivity index (χ1v) is 8.09. The van der Waals surface area contributed by atoms with Gasteiger partial charge in [-0.05, 0) is 62.4 Å². The zero-order valence-electron chi connectivity index (χ0n) is 13.7. The Morgan fingerprint density at radius 3 is 2.48 bits per heavy atom. The van der Waals surface area contributed by atoms with Crippen molar-refractivity contribution in [1.29, 1.82) is 0 Å². The van der Waals surface area contributed by atoms with Gasteiger partial charge in [-0.25, -0.2) is 9.97 Å². The molecule has 1 aromatic carbocycles. The fourth-order valence-electron chi connectivity index (χ4n) is 2.97. The number of hydrogen-bond acceptors (Lipinski definition) is 4. The largest absolute Gasteiger partial charge is 0.337 e. The van der Waals surface area contributed by atoms with Crippen molar-refractivity contribution in [2.45, 2.75) is 33.1 Å². The Morgan fingerprint density at radius 2 is 1.78 bits per heavy atom. The number of hydrogen-bond donors (Lipinski definition) is 1. The Hall–Kier alpha value is -2.43. The molecule has 5 nitrogen and oxygen atoms in total. The molecule has 0 bridgehead atoms. The van der Waals surface area contributed by atoms with E-state index in [0.29, 0.717) is 11.6 Å². The summed E-state index contributed by atoms with van der Waals surface area (Å²) in [4.78, 5) is 23.0. The normalized spacial score (nSPS) is 14.6. The minimum Gasteiger partial charge on any atom is -0.337 e. The van der Waals surface area contributed by atoms with Crippen LogP contribution in [0.4, 0.5) is 11.6 Å². The maximum atomic E-state index is 12.5. The molecule has 0 unspecified atom stereocenters. The number of aromatic nitrogens is 2. The van der Waals surface area contributed by atoms with Crippen molar-refractivity contribution >= 4 is 17.5 Å². The number of amides is 1. The van der Waals surface area contributed by atoms with Crippen molar-refractivity contribution in [3.63, 3.8) is 0 Å². The van der Waals surface area contributed by atoms with E-state index in [4.69, 9.17) is 0 Å². The topological polar surface area (TPSA) is 58.1 Å². The zero-order valence-corrected chi connectivity index (χ0v) is 13.7. The van der Waals surface area contributed by atoms with E-state index in [1.807, 2.05) is 17.0 Å². The second-order valence-corrected chi connectivity index (χ2v) is 6.12. The Morgan fingerprint density at radius 1 is 1.09 bits per heavy atom. The van der Waals surface area contributed by atoms with Gasteiger partial charge in [-0.2, -0.15) is 0 Å². The molecule has 3 rings (SSSR count). The standard InChI is InChI=1S/C18H22N4O/c1-13-10-14(2)12-15(11-13)20-18-19-7-6-16(21-18)17(23)22-8-4-3-5-9-22/h6-7,10-12H,3-5,8-9H2,1-2H3,(H,19,20,21). The van der Waals surface area contributed by atoms with Crippen molar-refractivity contribution in [2.75, 3.05) is 18.4 Å². The van der Waals surface area contributed by atoms with Crippen LogP contribution in [0.15, 0.2) is 30.5 Å². The predicted molar refractivity (Wildman–Crippen MR) is 91.0 cm³/mol. The lowest BCUT2D eigenvalue weighted by Crippen LogP contribution is -2.36. The summed E-state index contributed by atoms with van der Waals surface area (Å²) >= 11 is 0. The number of aryl methyl sites for hydroxylation is 2. The predicted octanol–water partition coefficient (Wildman–Crippen LogP) is 3.46. The summed E-state index contributed by atoms with van der Waals surface area (Å²) in [6, 6.07) is 7.87. The van der Waals surface area contributed by atoms with Gasteiger partial charge in [0.05, 0.1) is 0 Å². The third kappa shape index (κ3) is 3.86. The maximum Gasteiger partial charge on any atom is 0.272 e. The summed E-state index contributed by atoms with van der Waals surface area (Å²) in [5.41, 5.74) is 3.74. The lowest BCUT2D eigenvalue weighted by molar-refractivity contribution is 0.0718. The molecule has 23 heavy (non-hydrogen) atoms. The maximum absolute atomic E-state index is 12.5. The van der Waals surface area contributed by atoms with Gasteiger partial charge in [0.25, 0.3) is 5.91 Å². The highest BCUT2D eigenvalue weighted by atomic mass is 16.2. The van der Waals surface area contributed by atoms with Crippen LogP contribution >= 0.6 is 0 Å². The molecule has 2 heterocycles. The van der Waals surface area contributed by atoms with Gasteiger partial charge in [0, 0.05) is 25.0 Å². The smallest absolute Gasteiger partial charge is 0.272 e. The summed E-state index contributed by atoms with van der Waals surface area (Å²) < 4.78 is 0. The highest BCUT2D eigenvalue weighted by Gasteiger charge is 2.19. The van der Waals surface area contributed by atoms with Crippen molar-refractivity contribution in [2.24, 2.45) is 0 Å². The highest BCUT2D eigenvalue weighted by Crippen LogP contribution is 2.18. The minimum absolute atomic E-state index is 0.00410. The summed E-state index contributed by atoms with van der Waals surface area (Å²) in [5, 5.41) is 3.19. The van der Waals surface area contributed by atoms with E-state index in [1.54, 1.807) is 12.3 Å². The number of likely N-dealkylation sites (tertiary alicyclic amines) is 1. The van der Waals surface area contributed by atoms with Gasteiger partial charge in [0.2, 0.25) is 5.95 Å². The van der Waals surface area contributed by atoms with E-state index >= 15 is 0 Å². The molecule has 1 amide bonds. The number of nitrogens with zero attached hydrogens (tertiary/aromatic N) is 3. The Balaban J connectivity index is 1.77. The highest BCUT2D eigenvalue weighted by molar-refractivity contribution is 5.92. The van der Waals surface area contributed by atoms with Gasteiger partial charge < -0.3 is 10.2 Å². The fourth-order valence-corrected chi connectivity index (χ4v) is 2.97. The molecule has 0 aliphatic carbocycles. The molecule has 5 heteroatoms. The molecule has 1 aromatic heterocycles. The molecule has 0 spiro atoms. The van der Waals surface area contributed by atoms with Crippen LogP contribution in [-0.2, 0) is 0 Å². The van der Waals surface area contributed by atoms with Crippen molar-refractivity contribution in [1.82, 2.24) is 14.9 Å². The fraction of sp³-hybridized carbons (Fsp3) is 0.389. The number of anilines is 2. The van der Waals surface area contributed by atoms with E-state index < -0.39 is 0 Å². The first-order chi connectivity index (χ1) is 11.1. The molecular weight excluding hydrogens is 288 g/mol. The van der Waals surface area contributed by atoms with Crippen LogP contribution in [0.25, 0.3) is 0 Å². The molecule has 1 saturated heterocycles. The molecule has 1 aliphatic rings. The second kappa shape index (κ2) is 6.77. The van der Waals surface area contributed by atoms with Crippen molar-refractivity contribution in [3.8, 4) is 0 Å². The van der Waals surface area contributed by atoms with Crippen molar-refractivity contribution in [3.05, 3.63) is 47.3 Å². The van der Waals surface area contributed by atoms with Crippen LogP contribution in [0.1, 0.15) is 40.9 Å². The van der Waals surface area contributed by atoms with Gasteiger partial charge >= 0.3 is 0 Å². The van der Waals surface area contributed by atoms with E-state index in [0.717, 1.165) is 31.6 Å². The Bertz CT molecular complexity index is 688. The molecule has 1 fully saturated rings. The van der Waals surface area contributed by atoms with E-state index in [-0.39, 0.29) is 5.91 Å².